The summed E-state index contributed by atoms with van der Waals surface area (Å²) in [4.78, 5) is 42.4. The number of benzene rings is 2. The Morgan fingerprint density at radius 1 is 1.13 bits per heavy atom. The summed E-state index contributed by atoms with van der Waals surface area (Å²) in [5.74, 6) is -0.920. The Balaban J connectivity index is 1.71. The quantitative estimate of drug-likeness (QED) is 0.531. The summed E-state index contributed by atoms with van der Waals surface area (Å²) >= 11 is 5.25. The fourth-order valence-corrected chi connectivity index (χ4v) is 4.22. The molecule has 1 saturated heterocycles. The third-order valence-electron chi connectivity index (χ3n) is 5.54. The molecular weight excluding hydrogens is 414 g/mol. The molecule has 1 aliphatic rings. The van der Waals surface area contributed by atoms with E-state index in [1.54, 1.807) is 30.3 Å². The molecule has 0 saturated carbocycles. The van der Waals surface area contributed by atoms with Crippen molar-refractivity contribution in [2.45, 2.75) is 26.3 Å². The second kappa shape index (κ2) is 8.35. The number of nitrogens with two attached hydrogens (primary N) is 1. The molecular formula is C22H23N5O3S. The van der Waals surface area contributed by atoms with Crippen molar-refractivity contribution in [3.63, 3.8) is 0 Å². The van der Waals surface area contributed by atoms with Gasteiger partial charge in [0.1, 0.15) is 0 Å². The van der Waals surface area contributed by atoms with Gasteiger partial charge in [-0.3, -0.25) is 19.0 Å². The highest BCUT2D eigenvalue weighted by atomic mass is 32.1. The fraction of sp³-hybridized carbons (Fsp3) is 0.273. The molecule has 2 aromatic carbocycles. The number of fused-ring (bicyclic) bond motifs is 1. The van der Waals surface area contributed by atoms with Crippen LogP contribution in [0.5, 0.6) is 0 Å². The topological polar surface area (TPSA) is 113 Å². The van der Waals surface area contributed by atoms with E-state index in [0.717, 1.165) is 31.6 Å². The third-order valence-corrected chi connectivity index (χ3v) is 5.86. The van der Waals surface area contributed by atoms with Crippen LogP contribution in [0, 0.1) is 4.77 Å². The normalized spacial score (nSPS) is 13.5. The first-order chi connectivity index (χ1) is 14.9. The number of nitrogens with zero attached hydrogens (tertiary/aromatic N) is 2. The maximum Gasteiger partial charge on any atom is 0.262 e. The Morgan fingerprint density at radius 2 is 1.84 bits per heavy atom. The van der Waals surface area contributed by atoms with Gasteiger partial charge in [0, 0.05) is 30.8 Å². The minimum absolute atomic E-state index is 0.196. The maximum absolute atomic E-state index is 13.0. The second-order valence-electron chi connectivity index (χ2n) is 7.48. The average Bonchev–Trinajstić information content (AvgIpc) is 3.28. The van der Waals surface area contributed by atoms with Gasteiger partial charge in [-0.15, -0.1) is 0 Å². The van der Waals surface area contributed by atoms with E-state index in [2.05, 4.69) is 15.2 Å². The van der Waals surface area contributed by atoms with Crippen LogP contribution in [0.15, 0.2) is 41.2 Å². The van der Waals surface area contributed by atoms with Crippen LogP contribution in [0.2, 0.25) is 0 Å². The van der Waals surface area contributed by atoms with Crippen LogP contribution in [0.25, 0.3) is 10.9 Å². The highest BCUT2D eigenvalue weighted by molar-refractivity contribution is 7.71. The molecule has 1 fully saturated rings. The zero-order chi connectivity index (χ0) is 22.1. The molecule has 2 amide bonds. The van der Waals surface area contributed by atoms with Crippen LogP contribution in [0.1, 0.15) is 40.5 Å². The predicted molar refractivity (Wildman–Crippen MR) is 123 cm³/mol. The van der Waals surface area contributed by atoms with Crippen molar-refractivity contribution in [3.05, 3.63) is 62.6 Å². The average molecular weight is 438 g/mol. The lowest BCUT2D eigenvalue weighted by Crippen LogP contribution is -2.23. The number of carbonyl (C=O) groups is 2. The third kappa shape index (κ3) is 3.96. The Bertz CT molecular complexity index is 1300. The summed E-state index contributed by atoms with van der Waals surface area (Å²) in [5, 5.41) is 3.36. The number of H-pyrrole nitrogens is 1. The van der Waals surface area contributed by atoms with E-state index in [0.29, 0.717) is 39.0 Å². The van der Waals surface area contributed by atoms with Crippen LogP contribution in [-0.4, -0.2) is 34.5 Å². The number of carbonyl (C=O) groups excluding carboxylic acids is 2. The summed E-state index contributed by atoms with van der Waals surface area (Å²) < 4.78 is 1.78. The monoisotopic (exact) mass is 437 g/mol. The highest BCUT2D eigenvalue weighted by Gasteiger charge is 2.19. The molecule has 31 heavy (non-hydrogen) atoms. The van der Waals surface area contributed by atoms with Gasteiger partial charge in [0.05, 0.1) is 22.3 Å². The van der Waals surface area contributed by atoms with Crippen LogP contribution in [0.4, 0.5) is 11.4 Å². The lowest BCUT2D eigenvalue weighted by molar-refractivity contribution is 0.0996. The lowest BCUT2D eigenvalue weighted by Gasteiger charge is -2.22. The second-order valence-corrected chi connectivity index (χ2v) is 7.87. The van der Waals surface area contributed by atoms with E-state index in [4.69, 9.17) is 18.0 Å². The van der Waals surface area contributed by atoms with E-state index in [1.165, 1.54) is 4.57 Å². The molecule has 2 heterocycles. The van der Waals surface area contributed by atoms with Gasteiger partial charge in [-0.2, -0.15) is 0 Å². The lowest BCUT2D eigenvalue weighted by atomic mass is 10.1. The molecule has 0 spiro atoms. The maximum atomic E-state index is 13.0. The molecule has 0 bridgehead atoms. The number of nitrogens with one attached hydrogen (secondary N) is 2. The van der Waals surface area contributed by atoms with Crippen molar-refractivity contribution in [3.8, 4) is 0 Å². The van der Waals surface area contributed by atoms with Crippen molar-refractivity contribution in [2.75, 3.05) is 23.3 Å². The van der Waals surface area contributed by atoms with Crippen LogP contribution in [-0.2, 0) is 6.54 Å². The number of aromatic amines is 1. The minimum atomic E-state index is -0.561. The number of hydrogen-bond acceptors (Lipinski definition) is 5. The van der Waals surface area contributed by atoms with Crippen molar-refractivity contribution in [2.24, 2.45) is 5.73 Å². The van der Waals surface area contributed by atoms with Crippen LogP contribution in [0.3, 0.4) is 0 Å². The standard InChI is InChI=1S/C22H23N5O3S/c1-2-27-21(30)15-7-5-14(12-16(15)25-22(27)31)20(29)24-17-11-13(19(23)28)6-8-18(17)26-9-3-4-10-26/h5-8,11-12H,2-4,9-10H2,1H3,(H2,23,28)(H,24,29)(H,25,31). The zero-order valence-corrected chi connectivity index (χ0v) is 17.9. The fourth-order valence-electron chi connectivity index (χ4n) is 3.90. The van der Waals surface area contributed by atoms with Gasteiger partial charge >= 0.3 is 0 Å². The minimum Gasteiger partial charge on any atom is -0.370 e. The molecule has 4 rings (SSSR count). The number of anilines is 2. The summed E-state index contributed by atoms with van der Waals surface area (Å²) in [6.07, 6.45) is 2.15. The summed E-state index contributed by atoms with van der Waals surface area (Å²) in [5.41, 5.74) is 7.79. The van der Waals surface area contributed by atoms with E-state index in [1.807, 2.05) is 13.0 Å². The molecule has 0 atom stereocenters. The largest absolute Gasteiger partial charge is 0.370 e. The Kier molecular flexibility index (Phi) is 5.60. The van der Waals surface area contributed by atoms with E-state index in [9.17, 15) is 14.4 Å². The molecule has 0 unspecified atom stereocenters. The van der Waals surface area contributed by atoms with E-state index >= 15 is 0 Å². The Labute approximate surface area is 183 Å². The van der Waals surface area contributed by atoms with Gasteiger partial charge in [-0.05, 0) is 68.4 Å². The highest BCUT2D eigenvalue weighted by Crippen LogP contribution is 2.30. The van der Waals surface area contributed by atoms with Gasteiger partial charge in [0.15, 0.2) is 4.77 Å². The van der Waals surface area contributed by atoms with Gasteiger partial charge in [0.2, 0.25) is 5.91 Å². The van der Waals surface area contributed by atoms with Crippen molar-refractivity contribution in [1.29, 1.82) is 0 Å². The van der Waals surface area contributed by atoms with Crippen LogP contribution < -0.4 is 21.5 Å². The van der Waals surface area contributed by atoms with E-state index < -0.39 is 5.91 Å². The molecule has 4 N–H and O–H groups in total. The van der Waals surface area contributed by atoms with E-state index in [-0.39, 0.29) is 11.5 Å². The molecule has 1 aliphatic heterocycles. The SMILES string of the molecule is CCn1c(=S)[nH]c2cc(C(=O)Nc3cc(C(N)=O)ccc3N3CCCC3)ccc2c1=O. The molecule has 160 valence electrons. The first kappa shape index (κ1) is 20.8. The first-order valence-electron chi connectivity index (χ1n) is 10.2. The zero-order valence-electron chi connectivity index (χ0n) is 17.1. The number of rotatable bonds is 5. The van der Waals surface area contributed by atoms with Crippen molar-refractivity contribution >= 4 is 46.3 Å². The summed E-state index contributed by atoms with van der Waals surface area (Å²) in [6, 6.07) is 9.90. The van der Waals surface area contributed by atoms with Crippen molar-refractivity contribution < 1.29 is 9.59 Å². The van der Waals surface area contributed by atoms with Gasteiger partial charge in [0.25, 0.3) is 11.5 Å². The van der Waals surface area contributed by atoms with Gasteiger partial charge in [-0.25, -0.2) is 0 Å². The van der Waals surface area contributed by atoms with Gasteiger partial charge < -0.3 is 20.9 Å². The first-order valence-corrected chi connectivity index (χ1v) is 10.6. The molecule has 0 radical (unpaired) electrons. The number of aromatic nitrogens is 2. The Hall–Kier alpha value is -3.46. The number of amides is 2. The summed E-state index contributed by atoms with van der Waals surface area (Å²) in [6.45, 7) is 4.07. The molecule has 1 aromatic heterocycles. The predicted octanol–water partition coefficient (Wildman–Crippen LogP) is 3.03. The summed E-state index contributed by atoms with van der Waals surface area (Å²) in [7, 11) is 0. The van der Waals surface area contributed by atoms with Gasteiger partial charge in [-0.1, -0.05) is 0 Å². The van der Waals surface area contributed by atoms with Crippen molar-refractivity contribution in [1.82, 2.24) is 9.55 Å². The smallest absolute Gasteiger partial charge is 0.262 e. The molecule has 0 aliphatic carbocycles. The Morgan fingerprint density at radius 3 is 2.52 bits per heavy atom. The van der Waals surface area contributed by atoms with Crippen LogP contribution >= 0.6 is 12.2 Å². The number of hydrogen-bond donors (Lipinski definition) is 3. The molecule has 9 heteroatoms. The number of primary amides is 1. The molecule has 8 nitrogen and oxygen atoms in total. The molecule has 3 aromatic rings.